The van der Waals surface area contributed by atoms with Crippen molar-refractivity contribution in [2.75, 3.05) is 45.9 Å². The second-order valence-corrected chi connectivity index (χ2v) is 9.85. The van der Waals surface area contributed by atoms with Crippen LogP contribution in [0.5, 0.6) is 0 Å². The molecule has 2 aliphatic heterocycles. The first-order valence-electron chi connectivity index (χ1n) is 11.5. The highest BCUT2D eigenvalue weighted by atomic mass is 16.5. The monoisotopic (exact) mass is 449 g/mol. The number of ether oxygens (including phenoxy) is 1. The largest absolute Gasteiger partial charge is 0.378 e. The lowest BCUT2D eigenvalue weighted by atomic mass is 9.85. The highest BCUT2D eigenvalue weighted by molar-refractivity contribution is 5.97. The maximum Gasteiger partial charge on any atom is 0.318 e. The van der Waals surface area contributed by atoms with Gasteiger partial charge in [-0.25, -0.2) is 9.79 Å². The third-order valence-corrected chi connectivity index (χ3v) is 5.76. The number of nitriles is 1. The summed E-state index contributed by atoms with van der Waals surface area (Å²) in [6.07, 6.45) is 2.68. The number of amides is 3. The fourth-order valence-electron chi connectivity index (χ4n) is 4.06. The molecule has 1 atom stereocenters. The summed E-state index contributed by atoms with van der Waals surface area (Å²) in [6, 6.07) is 0.854. The van der Waals surface area contributed by atoms with Gasteiger partial charge in [0.15, 0.2) is 0 Å². The highest BCUT2D eigenvalue weighted by Crippen LogP contribution is 2.26. The highest BCUT2D eigenvalue weighted by Gasteiger charge is 2.38. The Bertz CT molecular complexity index is 712. The third-order valence-electron chi connectivity index (χ3n) is 5.76. The van der Waals surface area contributed by atoms with Crippen molar-refractivity contribution in [3.63, 3.8) is 0 Å². The number of morpholine rings is 1. The van der Waals surface area contributed by atoms with Gasteiger partial charge in [-0.15, -0.1) is 0 Å². The Morgan fingerprint density at radius 3 is 2.34 bits per heavy atom. The number of hydrogen-bond donors (Lipinski definition) is 3. The van der Waals surface area contributed by atoms with Gasteiger partial charge in [0.1, 0.15) is 11.6 Å². The minimum Gasteiger partial charge on any atom is -0.378 e. The minimum atomic E-state index is -0.900. The maximum absolute atomic E-state index is 13.4. The molecule has 2 heterocycles. The molecule has 0 spiro atoms. The van der Waals surface area contributed by atoms with E-state index in [-0.39, 0.29) is 17.3 Å². The quantitative estimate of drug-likeness (QED) is 0.409. The van der Waals surface area contributed by atoms with Crippen LogP contribution in [0.15, 0.2) is 4.99 Å². The summed E-state index contributed by atoms with van der Waals surface area (Å²) in [5.41, 5.74) is 4.28. The topological polar surface area (TPSA) is 136 Å². The number of hydrogen-bond acceptors (Lipinski definition) is 6. The molecule has 2 rings (SSSR count). The zero-order valence-corrected chi connectivity index (χ0v) is 19.9. The van der Waals surface area contributed by atoms with E-state index >= 15 is 0 Å². The van der Waals surface area contributed by atoms with E-state index in [1.807, 2.05) is 25.7 Å². The lowest BCUT2D eigenvalue weighted by Crippen LogP contribution is -2.57. The number of carbonyl (C=O) groups is 2. The lowest BCUT2D eigenvalue weighted by Gasteiger charge is -2.38. The third kappa shape index (κ3) is 7.95. The van der Waals surface area contributed by atoms with E-state index in [2.05, 4.69) is 33.5 Å². The molecule has 1 unspecified atom stereocenters. The summed E-state index contributed by atoms with van der Waals surface area (Å²) in [5, 5.41) is 15.5. The van der Waals surface area contributed by atoms with Crippen molar-refractivity contribution in [2.24, 2.45) is 16.1 Å². The first-order valence-corrected chi connectivity index (χ1v) is 11.5. The van der Waals surface area contributed by atoms with Crippen molar-refractivity contribution in [1.29, 1.82) is 5.26 Å². The van der Waals surface area contributed by atoms with E-state index in [0.29, 0.717) is 45.6 Å². The van der Waals surface area contributed by atoms with Crippen molar-refractivity contribution >= 4 is 17.9 Å². The van der Waals surface area contributed by atoms with Gasteiger partial charge in [-0.1, -0.05) is 27.7 Å². The van der Waals surface area contributed by atoms with E-state index in [4.69, 9.17) is 10.5 Å². The number of likely N-dealkylation sites (tertiary alicyclic amines) is 1. The fourth-order valence-corrected chi connectivity index (χ4v) is 4.06. The minimum absolute atomic E-state index is 0.196. The van der Waals surface area contributed by atoms with E-state index < -0.39 is 17.6 Å². The van der Waals surface area contributed by atoms with E-state index in [1.165, 1.54) is 0 Å². The molecular formula is C22H39N7O3. The standard InChI is InChI=1S/C22H39N7O3/c1-5-8-28-9-6-22(16-23,7-10-28)27-18(30)17(15-21(2,3)4)25-20(26-19(24)31)29-11-13-32-14-12-29/h17H,5-15H2,1-4H3,(H,27,30)(H3,24,25,26,31). The summed E-state index contributed by atoms with van der Waals surface area (Å²) >= 11 is 0. The SMILES string of the molecule is CCCN1CCC(C#N)(NC(=O)C(CC(C)(C)C)N=C(NC(N)=O)N2CCOCC2)CC1. The van der Waals surface area contributed by atoms with Crippen LogP contribution >= 0.6 is 0 Å². The fraction of sp³-hybridized carbons (Fsp3) is 0.818. The summed E-state index contributed by atoms with van der Waals surface area (Å²) in [6.45, 7) is 12.9. The van der Waals surface area contributed by atoms with Gasteiger partial charge in [-0.3, -0.25) is 10.1 Å². The smallest absolute Gasteiger partial charge is 0.318 e. The molecule has 10 heteroatoms. The molecule has 0 aromatic rings. The van der Waals surface area contributed by atoms with Crippen LogP contribution in [0.1, 0.15) is 53.4 Å². The van der Waals surface area contributed by atoms with Crippen LogP contribution in [0.25, 0.3) is 0 Å². The van der Waals surface area contributed by atoms with Crippen molar-refractivity contribution in [2.45, 2.75) is 65.0 Å². The Labute approximate surface area is 191 Å². The number of urea groups is 1. The van der Waals surface area contributed by atoms with Crippen molar-refractivity contribution in [1.82, 2.24) is 20.4 Å². The summed E-state index contributed by atoms with van der Waals surface area (Å²) in [4.78, 5) is 33.8. The zero-order chi connectivity index (χ0) is 23.8. The van der Waals surface area contributed by atoms with Crippen LogP contribution < -0.4 is 16.4 Å². The van der Waals surface area contributed by atoms with Crippen molar-refractivity contribution in [3.05, 3.63) is 0 Å². The van der Waals surface area contributed by atoms with Crippen molar-refractivity contribution < 1.29 is 14.3 Å². The van der Waals surface area contributed by atoms with Crippen LogP contribution in [0.2, 0.25) is 0 Å². The summed E-state index contributed by atoms with van der Waals surface area (Å²) < 4.78 is 5.38. The molecule has 2 fully saturated rings. The molecule has 0 aromatic carbocycles. The van der Waals surface area contributed by atoms with Crippen LogP contribution in [0.3, 0.4) is 0 Å². The summed E-state index contributed by atoms with van der Waals surface area (Å²) in [7, 11) is 0. The Balaban J connectivity index is 2.24. The molecule has 0 aromatic heterocycles. The molecule has 180 valence electrons. The maximum atomic E-state index is 13.4. The van der Waals surface area contributed by atoms with Gasteiger partial charge in [-0.05, 0) is 37.6 Å². The zero-order valence-electron chi connectivity index (χ0n) is 19.9. The Hall–Kier alpha value is -2.38. The van der Waals surface area contributed by atoms with Gasteiger partial charge >= 0.3 is 6.03 Å². The first-order chi connectivity index (χ1) is 15.1. The molecule has 4 N–H and O–H groups in total. The van der Waals surface area contributed by atoms with Crippen LogP contribution in [0.4, 0.5) is 4.79 Å². The molecule has 0 bridgehead atoms. The number of nitrogens with two attached hydrogens (primary N) is 1. The van der Waals surface area contributed by atoms with E-state index in [1.54, 1.807) is 0 Å². The average molecular weight is 450 g/mol. The predicted octanol–water partition coefficient (Wildman–Crippen LogP) is 1.03. The average Bonchev–Trinajstić information content (AvgIpc) is 2.74. The van der Waals surface area contributed by atoms with Gasteiger partial charge in [0.2, 0.25) is 11.9 Å². The van der Waals surface area contributed by atoms with Crippen LogP contribution in [0, 0.1) is 16.7 Å². The molecule has 0 radical (unpaired) electrons. The predicted molar refractivity (Wildman–Crippen MR) is 123 cm³/mol. The number of rotatable bonds is 6. The Morgan fingerprint density at radius 2 is 1.84 bits per heavy atom. The van der Waals surface area contributed by atoms with Gasteiger partial charge in [0.05, 0.1) is 19.3 Å². The summed E-state index contributed by atoms with van der Waals surface area (Å²) in [5.74, 6) is -0.0311. The van der Waals surface area contributed by atoms with Crippen molar-refractivity contribution in [3.8, 4) is 6.07 Å². The molecule has 0 saturated carbocycles. The molecule has 10 nitrogen and oxygen atoms in total. The molecular weight excluding hydrogens is 410 g/mol. The number of nitrogens with zero attached hydrogens (tertiary/aromatic N) is 4. The number of primary amides is 1. The molecule has 3 amide bonds. The van der Waals surface area contributed by atoms with Gasteiger partial charge < -0.3 is 25.6 Å². The van der Waals surface area contributed by atoms with Crippen LogP contribution in [-0.2, 0) is 9.53 Å². The molecule has 2 saturated heterocycles. The number of aliphatic imine (C=N–C) groups is 1. The number of guanidine groups is 1. The van der Waals surface area contributed by atoms with E-state index in [9.17, 15) is 14.9 Å². The number of piperidine rings is 1. The Kier molecular flexibility index (Phi) is 9.28. The second kappa shape index (κ2) is 11.5. The van der Waals surface area contributed by atoms with Gasteiger partial charge in [0, 0.05) is 26.2 Å². The molecule has 2 aliphatic rings. The van der Waals surface area contributed by atoms with Gasteiger partial charge in [0.25, 0.3) is 0 Å². The Morgan fingerprint density at radius 1 is 1.22 bits per heavy atom. The number of carbonyl (C=O) groups excluding carboxylic acids is 2. The lowest BCUT2D eigenvalue weighted by molar-refractivity contribution is -0.124. The normalized spacial score (nSPS) is 20.8. The second-order valence-electron chi connectivity index (χ2n) is 9.85. The van der Waals surface area contributed by atoms with Crippen LogP contribution in [-0.4, -0.2) is 85.2 Å². The van der Waals surface area contributed by atoms with E-state index in [0.717, 1.165) is 26.1 Å². The molecule has 32 heavy (non-hydrogen) atoms. The first kappa shape index (κ1) is 25.9. The number of nitrogens with one attached hydrogen (secondary N) is 2. The van der Waals surface area contributed by atoms with Gasteiger partial charge in [-0.2, -0.15) is 5.26 Å². The molecule has 0 aliphatic carbocycles.